The van der Waals surface area contributed by atoms with Crippen molar-refractivity contribution in [2.24, 2.45) is 5.10 Å². The van der Waals surface area contributed by atoms with E-state index in [9.17, 15) is 13.2 Å². The quantitative estimate of drug-likeness (QED) is 0.218. The molecule has 0 aliphatic heterocycles. The van der Waals surface area contributed by atoms with Crippen LogP contribution >= 0.6 is 15.9 Å². The third kappa shape index (κ3) is 6.18. The Bertz CT molecular complexity index is 1550. The van der Waals surface area contributed by atoms with Crippen LogP contribution in [0.2, 0.25) is 0 Å². The van der Waals surface area contributed by atoms with Crippen molar-refractivity contribution in [3.63, 3.8) is 0 Å². The van der Waals surface area contributed by atoms with E-state index in [-0.39, 0.29) is 6.54 Å². The average Bonchev–Trinajstić information content (AvgIpc) is 3.15. The summed E-state index contributed by atoms with van der Waals surface area (Å²) < 4.78 is 29.2. The van der Waals surface area contributed by atoms with Crippen molar-refractivity contribution in [2.75, 3.05) is 10.6 Å². The Morgan fingerprint density at radius 2 is 1.65 bits per heavy atom. The van der Waals surface area contributed by atoms with Gasteiger partial charge in [0.2, 0.25) is 10.0 Å². The second kappa shape index (κ2) is 11.1. The number of anilines is 1. The fraction of sp³-hybridized carbons (Fsp3) is 0.143. The van der Waals surface area contributed by atoms with Crippen LogP contribution < -0.4 is 9.73 Å². The minimum Gasteiger partial charge on any atom is -0.317 e. The smallest absolute Gasteiger partial charge is 0.271 e. The summed E-state index contributed by atoms with van der Waals surface area (Å²) in [5.41, 5.74) is 8.20. The summed E-state index contributed by atoms with van der Waals surface area (Å²) in [4.78, 5) is 12.7. The number of hydrogen-bond acceptors (Lipinski definition) is 4. The molecule has 1 N–H and O–H groups in total. The molecule has 0 bridgehead atoms. The van der Waals surface area contributed by atoms with E-state index in [1.54, 1.807) is 30.5 Å². The summed E-state index contributed by atoms with van der Waals surface area (Å²) >= 11 is 3.60. The van der Waals surface area contributed by atoms with E-state index in [2.05, 4.69) is 31.0 Å². The molecule has 0 radical (unpaired) electrons. The van der Waals surface area contributed by atoms with Gasteiger partial charge in [-0.2, -0.15) is 5.10 Å². The Morgan fingerprint density at radius 3 is 2.30 bits per heavy atom. The molecule has 1 aromatic heterocycles. The molecule has 190 valence electrons. The molecule has 9 heteroatoms. The Balaban J connectivity index is 1.47. The van der Waals surface area contributed by atoms with Crippen LogP contribution in [0.4, 0.5) is 5.69 Å². The molecule has 4 rings (SSSR count). The summed E-state index contributed by atoms with van der Waals surface area (Å²) in [6.45, 7) is 4.21. The van der Waals surface area contributed by atoms with Gasteiger partial charge in [0, 0.05) is 27.0 Å². The normalized spacial score (nSPS) is 11.6. The number of nitrogens with one attached hydrogen (secondary N) is 1. The summed E-state index contributed by atoms with van der Waals surface area (Å²) in [5, 5.41) is 4.15. The molecule has 37 heavy (non-hydrogen) atoms. The Labute approximate surface area is 225 Å². The van der Waals surface area contributed by atoms with Crippen LogP contribution in [0.3, 0.4) is 0 Å². The number of halogens is 1. The first-order chi connectivity index (χ1) is 17.6. The molecule has 1 amide bonds. The average molecular weight is 580 g/mol. The predicted molar refractivity (Wildman–Crippen MR) is 152 cm³/mol. The monoisotopic (exact) mass is 578 g/mol. The molecular weight excluding hydrogens is 552 g/mol. The van der Waals surface area contributed by atoms with Gasteiger partial charge in [-0.25, -0.2) is 13.8 Å². The molecule has 0 fully saturated rings. The second-order valence-electron chi connectivity index (χ2n) is 8.61. The van der Waals surface area contributed by atoms with Gasteiger partial charge in [0.1, 0.15) is 0 Å². The highest BCUT2D eigenvalue weighted by atomic mass is 79.9. The number of hydrazone groups is 1. The molecule has 0 aliphatic carbocycles. The zero-order chi connectivity index (χ0) is 26.6. The van der Waals surface area contributed by atoms with Crippen LogP contribution in [0.25, 0.3) is 5.69 Å². The molecule has 0 saturated carbocycles. The number of benzene rings is 3. The van der Waals surface area contributed by atoms with E-state index in [0.717, 1.165) is 32.7 Å². The van der Waals surface area contributed by atoms with Gasteiger partial charge in [-0.15, -0.1) is 0 Å². The third-order valence-electron chi connectivity index (χ3n) is 5.92. The lowest BCUT2D eigenvalue weighted by molar-refractivity contribution is 0.0955. The van der Waals surface area contributed by atoms with E-state index in [1.807, 2.05) is 74.5 Å². The Hall–Kier alpha value is -3.69. The van der Waals surface area contributed by atoms with Gasteiger partial charge in [-0.3, -0.25) is 9.10 Å². The summed E-state index contributed by atoms with van der Waals surface area (Å²) in [6.07, 6.45) is 2.78. The maximum absolute atomic E-state index is 12.7. The first-order valence-corrected chi connectivity index (χ1v) is 14.2. The maximum Gasteiger partial charge on any atom is 0.271 e. The summed E-state index contributed by atoms with van der Waals surface area (Å²) in [7, 11) is -3.52. The number of aryl methyl sites for hydroxylation is 1. The number of aromatic nitrogens is 1. The molecule has 0 spiro atoms. The van der Waals surface area contributed by atoms with Gasteiger partial charge in [0.25, 0.3) is 5.91 Å². The van der Waals surface area contributed by atoms with Crippen molar-refractivity contribution in [1.82, 2.24) is 9.99 Å². The molecule has 4 aromatic rings. The molecule has 3 aromatic carbocycles. The van der Waals surface area contributed by atoms with E-state index in [1.165, 1.54) is 10.6 Å². The fourth-order valence-corrected chi connectivity index (χ4v) is 5.43. The first kappa shape index (κ1) is 26.4. The largest absolute Gasteiger partial charge is 0.317 e. The minimum absolute atomic E-state index is 0.202. The number of rotatable bonds is 8. The lowest BCUT2D eigenvalue weighted by Gasteiger charge is -2.22. The summed E-state index contributed by atoms with van der Waals surface area (Å²) in [5.74, 6) is -0.392. The molecule has 7 nitrogen and oxygen atoms in total. The Morgan fingerprint density at radius 1 is 1.00 bits per heavy atom. The number of hydrogen-bond donors (Lipinski definition) is 1. The van der Waals surface area contributed by atoms with Crippen molar-refractivity contribution in [2.45, 2.75) is 20.4 Å². The molecule has 1 heterocycles. The highest BCUT2D eigenvalue weighted by molar-refractivity contribution is 9.10. The minimum atomic E-state index is -3.52. The third-order valence-corrected chi connectivity index (χ3v) is 7.73. The van der Waals surface area contributed by atoms with Gasteiger partial charge >= 0.3 is 0 Å². The molecular formula is C28H27BrN4O3S. The summed E-state index contributed by atoms with van der Waals surface area (Å²) in [6, 6.07) is 25.7. The number of carbonyl (C=O) groups excluding carboxylic acids is 1. The van der Waals surface area contributed by atoms with Crippen molar-refractivity contribution in [1.29, 1.82) is 0 Å². The van der Waals surface area contributed by atoms with Crippen molar-refractivity contribution in [3.05, 3.63) is 117 Å². The highest BCUT2D eigenvalue weighted by Gasteiger charge is 2.18. The SMILES string of the molecule is Cc1cc(C=NNC(=O)c2ccc(N(Cc3ccccc3)S(C)(=O)=O)cc2)c(C)n1-c1ccccc1Br. The van der Waals surface area contributed by atoms with Crippen LogP contribution in [-0.2, 0) is 16.6 Å². The predicted octanol–water partition coefficient (Wildman–Crippen LogP) is 5.59. The van der Waals surface area contributed by atoms with E-state index in [4.69, 9.17) is 0 Å². The van der Waals surface area contributed by atoms with Crippen molar-refractivity contribution in [3.8, 4) is 5.69 Å². The number of carbonyl (C=O) groups is 1. The van der Waals surface area contributed by atoms with Gasteiger partial charge in [-0.05, 0) is 77.8 Å². The zero-order valence-corrected chi connectivity index (χ0v) is 23.1. The molecule has 0 aliphatic rings. The maximum atomic E-state index is 12.7. The standard InChI is InChI=1S/C28H27BrN4O3S/c1-20-17-24(21(2)33(20)27-12-8-7-11-26(27)29)18-30-31-28(34)23-13-15-25(16-14-23)32(37(3,35)36)19-22-9-5-4-6-10-22/h4-18H,19H2,1-3H3,(H,31,34). The Kier molecular flexibility index (Phi) is 7.94. The van der Waals surface area contributed by atoms with Gasteiger partial charge in [0.05, 0.1) is 30.4 Å². The topological polar surface area (TPSA) is 83.8 Å². The number of sulfonamides is 1. The molecule has 0 unspecified atom stereocenters. The van der Waals surface area contributed by atoms with Crippen molar-refractivity contribution >= 4 is 43.8 Å². The van der Waals surface area contributed by atoms with Crippen LogP contribution in [0, 0.1) is 13.8 Å². The van der Waals surface area contributed by atoms with E-state index < -0.39 is 15.9 Å². The van der Waals surface area contributed by atoms with E-state index in [0.29, 0.717) is 11.3 Å². The van der Waals surface area contributed by atoms with Crippen LogP contribution in [0.5, 0.6) is 0 Å². The first-order valence-electron chi connectivity index (χ1n) is 11.5. The van der Waals surface area contributed by atoms with Gasteiger partial charge in [0.15, 0.2) is 0 Å². The van der Waals surface area contributed by atoms with Gasteiger partial charge < -0.3 is 4.57 Å². The number of para-hydroxylation sites is 1. The fourth-order valence-electron chi connectivity index (χ4n) is 4.08. The van der Waals surface area contributed by atoms with Crippen molar-refractivity contribution < 1.29 is 13.2 Å². The van der Waals surface area contributed by atoms with Crippen LogP contribution in [0.15, 0.2) is 94.5 Å². The van der Waals surface area contributed by atoms with E-state index >= 15 is 0 Å². The molecule has 0 atom stereocenters. The number of nitrogens with zero attached hydrogens (tertiary/aromatic N) is 3. The lowest BCUT2D eigenvalue weighted by Crippen LogP contribution is -2.29. The second-order valence-corrected chi connectivity index (χ2v) is 11.4. The van der Waals surface area contributed by atoms with Gasteiger partial charge in [-0.1, -0.05) is 42.5 Å². The number of amides is 1. The van der Waals surface area contributed by atoms with Crippen LogP contribution in [-0.4, -0.2) is 31.4 Å². The van der Waals surface area contributed by atoms with Crippen LogP contribution in [0.1, 0.15) is 32.9 Å². The lowest BCUT2D eigenvalue weighted by atomic mass is 10.2. The molecule has 0 saturated heterocycles. The zero-order valence-electron chi connectivity index (χ0n) is 20.7. The highest BCUT2D eigenvalue weighted by Crippen LogP contribution is 2.26.